The van der Waals surface area contributed by atoms with Crippen LogP contribution in [0.2, 0.25) is 0 Å². The second kappa shape index (κ2) is 10.4. The zero-order valence-electron chi connectivity index (χ0n) is 18.6. The van der Waals surface area contributed by atoms with E-state index in [1.54, 1.807) is 18.2 Å². The molecule has 1 aromatic heterocycles. The third-order valence-electron chi connectivity index (χ3n) is 5.51. The number of thioether (sulfide) groups is 1. The first-order chi connectivity index (χ1) is 16.8. The van der Waals surface area contributed by atoms with Gasteiger partial charge in [0.15, 0.2) is 5.82 Å². The van der Waals surface area contributed by atoms with Crippen molar-refractivity contribution in [2.45, 2.75) is 43.7 Å². The molecule has 1 aliphatic heterocycles. The molecule has 7 nitrogen and oxygen atoms in total. The molecule has 4 rings (SSSR count). The van der Waals surface area contributed by atoms with E-state index in [-0.39, 0.29) is 22.7 Å². The lowest BCUT2D eigenvalue weighted by atomic mass is 10.1. The second-order valence-electron chi connectivity index (χ2n) is 7.95. The van der Waals surface area contributed by atoms with Crippen molar-refractivity contribution in [3.63, 3.8) is 0 Å². The second-order valence-corrected chi connectivity index (χ2v) is 9.18. The first-order valence-corrected chi connectivity index (χ1v) is 11.8. The fourth-order valence-electron chi connectivity index (χ4n) is 3.68. The molecule has 0 saturated carbocycles. The lowest BCUT2D eigenvalue weighted by molar-refractivity contribution is -0.137. The van der Waals surface area contributed by atoms with Gasteiger partial charge in [-0.2, -0.15) is 18.4 Å². The number of ether oxygens (including phenoxy) is 1. The molecule has 0 aliphatic carbocycles. The van der Waals surface area contributed by atoms with Crippen LogP contribution in [0.3, 0.4) is 0 Å². The lowest BCUT2D eigenvalue weighted by Crippen LogP contribution is -2.24. The van der Waals surface area contributed by atoms with Gasteiger partial charge in [0.05, 0.1) is 27.5 Å². The zero-order valence-corrected chi connectivity index (χ0v) is 19.4. The van der Waals surface area contributed by atoms with Crippen LogP contribution in [0.1, 0.15) is 42.9 Å². The van der Waals surface area contributed by atoms with E-state index in [0.29, 0.717) is 28.5 Å². The number of halogens is 3. The van der Waals surface area contributed by atoms with Gasteiger partial charge in [-0.3, -0.25) is 14.5 Å². The number of rotatable bonds is 8. The van der Waals surface area contributed by atoms with E-state index in [2.05, 4.69) is 27.7 Å². The molecule has 35 heavy (non-hydrogen) atoms. The fraction of sp³-hybridized carbons (Fsp3) is 0.333. The summed E-state index contributed by atoms with van der Waals surface area (Å²) in [5.74, 6) is -0.0999. The first-order valence-electron chi connectivity index (χ1n) is 10.9. The number of nitrogens with zero attached hydrogens (tertiary/aromatic N) is 3. The minimum Gasteiger partial charge on any atom is -0.492 e. The number of aromatic amines is 1. The van der Waals surface area contributed by atoms with Gasteiger partial charge in [-0.1, -0.05) is 48.8 Å². The Balaban J connectivity index is 1.47. The van der Waals surface area contributed by atoms with Crippen LogP contribution >= 0.6 is 11.8 Å². The molecular formula is C24H21F3N4O3S. The smallest absolute Gasteiger partial charge is 0.439 e. The molecule has 1 aliphatic rings. The average Bonchev–Trinajstić information content (AvgIpc) is 3.46. The van der Waals surface area contributed by atoms with Crippen molar-refractivity contribution >= 4 is 16.8 Å². The van der Waals surface area contributed by atoms with Crippen LogP contribution in [0.5, 0.6) is 5.75 Å². The minimum absolute atomic E-state index is 0.0315. The van der Waals surface area contributed by atoms with Crippen LogP contribution in [0.15, 0.2) is 56.8 Å². The summed E-state index contributed by atoms with van der Waals surface area (Å²) in [7, 11) is 0. The highest BCUT2D eigenvalue weighted by atomic mass is 32.2. The number of aromatic nitrogens is 2. The summed E-state index contributed by atoms with van der Waals surface area (Å²) in [6.07, 6.45) is -1.58. The van der Waals surface area contributed by atoms with Crippen molar-refractivity contribution in [2.24, 2.45) is 4.99 Å². The monoisotopic (exact) mass is 502 g/mol. The molecule has 11 heteroatoms. The topological polar surface area (TPSA) is 104 Å². The highest BCUT2D eigenvalue weighted by Gasteiger charge is 2.33. The zero-order chi connectivity index (χ0) is 25.0. The fourth-order valence-corrected chi connectivity index (χ4v) is 4.92. The van der Waals surface area contributed by atoms with Gasteiger partial charge in [-0.05, 0) is 36.8 Å². The van der Waals surface area contributed by atoms with Crippen LogP contribution in [-0.4, -0.2) is 33.1 Å². The molecule has 0 saturated heterocycles. The van der Waals surface area contributed by atoms with Crippen LogP contribution in [0, 0.1) is 11.3 Å². The van der Waals surface area contributed by atoms with Gasteiger partial charge < -0.3 is 4.74 Å². The number of nitrogens with one attached hydrogen (secondary N) is 1. The van der Waals surface area contributed by atoms with Gasteiger partial charge in [0, 0.05) is 11.1 Å². The van der Waals surface area contributed by atoms with E-state index in [1.807, 2.05) is 0 Å². The van der Waals surface area contributed by atoms with Gasteiger partial charge in [0.2, 0.25) is 0 Å². The molecule has 2 unspecified atom stereocenters. The Morgan fingerprint density at radius 1 is 1.23 bits per heavy atom. The predicted octanol–water partition coefficient (Wildman–Crippen LogP) is 5.42. The van der Waals surface area contributed by atoms with E-state index >= 15 is 0 Å². The van der Waals surface area contributed by atoms with E-state index < -0.39 is 17.5 Å². The standard InChI is InChI=1S/C24H21F3N4O3S/c1-2-3-4-19-20(35-22(29-19)14-5-7-16(8-6-14)24(25,26)27)13-33-17-9-10-18(15(11-17)12-28)21-30-23(32)34-31-21/h5-11,19-20H,2-4,13H2,1H3,(H,30,31,32). The molecule has 0 bridgehead atoms. The molecule has 2 aromatic carbocycles. The summed E-state index contributed by atoms with van der Waals surface area (Å²) in [5.41, 5.74) is 0.619. The van der Waals surface area contributed by atoms with Crippen molar-refractivity contribution in [3.05, 3.63) is 69.7 Å². The molecule has 182 valence electrons. The number of benzene rings is 2. The van der Waals surface area contributed by atoms with Crippen LogP contribution < -0.4 is 10.5 Å². The average molecular weight is 503 g/mol. The highest BCUT2D eigenvalue weighted by Crippen LogP contribution is 2.35. The molecule has 0 spiro atoms. The Morgan fingerprint density at radius 2 is 2.00 bits per heavy atom. The minimum atomic E-state index is -4.38. The van der Waals surface area contributed by atoms with E-state index in [4.69, 9.17) is 9.73 Å². The Morgan fingerprint density at radius 3 is 2.63 bits per heavy atom. The van der Waals surface area contributed by atoms with Gasteiger partial charge in [-0.15, -0.1) is 0 Å². The molecule has 0 amide bonds. The summed E-state index contributed by atoms with van der Waals surface area (Å²) in [6.45, 7) is 2.39. The van der Waals surface area contributed by atoms with Gasteiger partial charge in [-0.25, -0.2) is 4.79 Å². The molecule has 0 fully saturated rings. The number of unbranched alkanes of at least 4 members (excludes halogenated alkanes) is 1. The van der Waals surface area contributed by atoms with Crippen molar-refractivity contribution in [1.29, 1.82) is 5.26 Å². The Kier molecular flexibility index (Phi) is 7.31. The first kappa shape index (κ1) is 24.6. The molecule has 2 atom stereocenters. The van der Waals surface area contributed by atoms with E-state index in [0.717, 1.165) is 31.4 Å². The largest absolute Gasteiger partial charge is 0.492 e. The number of hydrogen-bond donors (Lipinski definition) is 1. The predicted molar refractivity (Wildman–Crippen MR) is 125 cm³/mol. The third-order valence-corrected chi connectivity index (χ3v) is 6.83. The Bertz CT molecular complexity index is 1310. The highest BCUT2D eigenvalue weighted by molar-refractivity contribution is 8.15. The SMILES string of the molecule is CCCCC1N=C(c2ccc(C(F)(F)F)cc2)SC1COc1ccc(-c2noc(=O)[nH]2)c(C#N)c1. The molecule has 0 radical (unpaired) electrons. The number of hydrogen-bond acceptors (Lipinski definition) is 7. The maximum Gasteiger partial charge on any atom is 0.439 e. The lowest BCUT2D eigenvalue weighted by Gasteiger charge is -2.18. The van der Waals surface area contributed by atoms with Crippen LogP contribution in [0.4, 0.5) is 13.2 Å². The Labute approximate surface area is 203 Å². The summed E-state index contributed by atoms with van der Waals surface area (Å²) < 4.78 is 49.2. The molecule has 3 aromatic rings. The number of H-pyrrole nitrogens is 1. The summed E-state index contributed by atoms with van der Waals surface area (Å²) in [6, 6.07) is 11.9. The van der Waals surface area contributed by atoms with Crippen LogP contribution in [-0.2, 0) is 6.18 Å². The third kappa shape index (κ3) is 5.77. The number of aliphatic imine (C=N–C) groups is 1. The van der Waals surface area contributed by atoms with Gasteiger partial charge >= 0.3 is 11.9 Å². The summed E-state index contributed by atoms with van der Waals surface area (Å²) >= 11 is 1.48. The maximum absolute atomic E-state index is 12.9. The summed E-state index contributed by atoms with van der Waals surface area (Å²) in [4.78, 5) is 18.4. The van der Waals surface area contributed by atoms with Crippen molar-refractivity contribution in [3.8, 4) is 23.2 Å². The van der Waals surface area contributed by atoms with E-state index in [1.165, 1.54) is 23.9 Å². The van der Waals surface area contributed by atoms with Gasteiger partial charge in [0.25, 0.3) is 0 Å². The summed E-state index contributed by atoms with van der Waals surface area (Å²) in [5, 5.41) is 13.8. The molecule has 2 heterocycles. The molecule has 1 N–H and O–H groups in total. The van der Waals surface area contributed by atoms with Gasteiger partial charge in [0.1, 0.15) is 18.4 Å². The quantitative estimate of drug-likeness (QED) is 0.441. The Hall–Kier alpha value is -3.52. The maximum atomic E-state index is 12.9. The van der Waals surface area contributed by atoms with Crippen molar-refractivity contribution in [1.82, 2.24) is 10.1 Å². The van der Waals surface area contributed by atoms with Crippen LogP contribution in [0.25, 0.3) is 11.4 Å². The number of nitriles is 1. The van der Waals surface area contributed by atoms with Crippen molar-refractivity contribution < 1.29 is 22.4 Å². The van der Waals surface area contributed by atoms with Crippen molar-refractivity contribution in [2.75, 3.05) is 6.61 Å². The molecular weight excluding hydrogens is 481 g/mol. The van der Waals surface area contributed by atoms with E-state index in [9.17, 15) is 23.2 Å². The number of alkyl halides is 3. The normalized spacial score (nSPS) is 17.7.